The van der Waals surface area contributed by atoms with E-state index in [0.717, 1.165) is 31.0 Å². The van der Waals surface area contributed by atoms with Gasteiger partial charge in [0.2, 0.25) is 0 Å². The van der Waals surface area contributed by atoms with Crippen LogP contribution in [0.15, 0.2) is 23.8 Å². The van der Waals surface area contributed by atoms with Gasteiger partial charge in [0.1, 0.15) is 6.10 Å². The third-order valence-electron chi connectivity index (χ3n) is 4.92. The molecule has 0 radical (unpaired) electrons. The number of methoxy groups -OCH3 is 1. The minimum absolute atomic E-state index is 0.0495. The van der Waals surface area contributed by atoms with Crippen molar-refractivity contribution in [1.82, 2.24) is 4.90 Å². The number of nitrogens with zero attached hydrogens (tertiary/aromatic N) is 1. The Kier molecular flexibility index (Phi) is 2.98. The van der Waals surface area contributed by atoms with Gasteiger partial charge in [-0.3, -0.25) is 0 Å². The smallest absolute Gasteiger partial charge is 0.165 e. The molecule has 0 aromatic heterocycles. The van der Waals surface area contributed by atoms with Crippen molar-refractivity contribution in [1.29, 1.82) is 0 Å². The Bertz CT molecular complexity index is 610. The molecule has 4 rings (SSSR count). The highest BCUT2D eigenvalue weighted by atomic mass is 16.5. The largest absolute Gasteiger partial charge is 0.493 e. The number of rotatable bonds is 1. The first-order chi connectivity index (χ1) is 10.2. The van der Waals surface area contributed by atoms with Crippen molar-refractivity contribution in [2.75, 3.05) is 20.7 Å². The summed E-state index contributed by atoms with van der Waals surface area (Å²) < 4.78 is 11.7. The van der Waals surface area contributed by atoms with Crippen LogP contribution in [0.3, 0.4) is 0 Å². The quantitative estimate of drug-likeness (QED) is 0.803. The Hall–Kier alpha value is -1.52. The number of hydrogen-bond donors (Lipinski definition) is 1. The predicted octanol–water partition coefficient (Wildman–Crippen LogP) is 2.07. The molecule has 0 saturated carbocycles. The van der Waals surface area contributed by atoms with Crippen LogP contribution in [-0.2, 0) is 6.54 Å². The summed E-state index contributed by atoms with van der Waals surface area (Å²) in [5, 5.41) is 10.1. The van der Waals surface area contributed by atoms with Gasteiger partial charge in [-0.2, -0.15) is 0 Å². The van der Waals surface area contributed by atoms with E-state index in [9.17, 15) is 5.11 Å². The Morgan fingerprint density at radius 3 is 3.05 bits per heavy atom. The molecule has 1 aliphatic carbocycles. The van der Waals surface area contributed by atoms with E-state index in [1.54, 1.807) is 7.11 Å². The summed E-state index contributed by atoms with van der Waals surface area (Å²) in [7, 11) is 3.83. The minimum atomic E-state index is -0.394. The van der Waals surface area contributed by atoms with Crippen LogP contribution in [0.2, 0.25) is 0 Å². The minimum Gasteiger partial charge on any atom is -0.493 e. The summed E-state index contributed by atoms with van der Waals surface area (Å²) in [6.45, 7) is 1.96. The fourth-order valence-electron chi connectivity index (χ4n) is 3.98. The highest BCUT2D eigenvalue weighted by Gasteiger charge is 2.44. The van der Waals surface area contributed by atoms with Gasteiger partial charge in [-0.1, -0.05) is 17.7 Å². The van der Waals surface area contributed by atoms with E-state index in [4.69, 9.17) is 9.47 Å². The maximum atomic E-state index is 10.1. The maximum absolute atomic E-state index is 10.1. The second-order valence-electron chi connectivity index (χ2n) is 6.34. The van der Waals surface area contributed by atoms with E-state index in [0.29, 0.717) is 12.3 Å². The van der Waals surface area contributed by atoms with Gasteiger partial charge >= 0.3 is 0 Å². The van der Waals surface area contributed by atoms with Crippen molar-refractivity contribution >= 4 is 0 Å². The molecule has 3 atom stereocenters. The summed E-state index contributed by atoms with van der Waals surface area (Å²) in [6.07, 6.45) is 3.36. The molecule has 0 saturated heterocycles. The van der Waals surface area contributed by atoms with E-state index >= 15 is 0 Å². The molecule has 21 heavy (non-hydrogen) atoms. The third-order valence-corrected chi connectivity index (χ3v) is 4.92. The fraction of sp³-hybridized carbons (Fsp3) is 0.529. The molecule has 3 aliphatic rings. The molecule has 0 unspecified atom stereocenters. The first-order valence-electron chi connectivity index (χ1n) is 7.61. The topological polar surface area (TPSA) is 41.9 Å². The van der Waals surface area contributed by atoms with Crippen molar-refractivity contribution in [3.8, 4) is 11.5 Å². The zero-order chi connectivity index (χ0) is 14.6. The van der Waals surface area contributed by atoms with Crippen LogP contribution < -0.4 is 9.47 Å². The van der Waals surface area contributed by atoms with Crippen LogP contribution in [0.4, 0.5) is 0 Å². The third kappa shape index (κ3) is 1.97. The molecule has 2 aliphatic heterocycles. The number of benzene rings is 1. The number of ether oxygens (including phenoxy) is 2. The lowest BCUT2D eigenvalue weighted by atomic mass is 9.77. The second kappa shape index (κ2) is 4.75. The number of aliphatic hydroxyl groups is 1. The first kappa shape index (κ1) is 13.2. The van der Waals surface area contributed by atoms with Crippen LogP contribution in [0.1, 0.15) is 29.9 Å². The first-order valence-corrected chi connectivity index (χ1v) is 7.61. The zero-order valence-electron chi connectivity index (χ0n) is 12.5. The molecule has 0 fully saturated rings. The molecule has 1 aromatic carbocycles. The van der Waals surface area contributed by atoms with Crippen LogP contribution in [-0.4, -0.2) is 42.9 Å². The van der Waals surface area contributed by atoms with E-state index in [1.807, 2.05) is 12.1 Å². The molecule has 4 heteroatoms. The lowest BCUT2D eigenvalue weighted by Gasteiger charge is -2.32. The lowest BCUT2D eigenvalue weighted by Crippen LogP contribution is -2.33. The van der Waals surface area contributed by atoms with E-state index in [1.165, 1.54) is 16.7 Å². The normalized spacial score (nSPS) is 30.8. The molecule has 0 spiro atoms. The fourth-order valence-corrected chi connectivity index (χ4v) is 3.98. The van der Waals surface area contributed by atoms with Gasteiger partial charge < -0.3 is 19.5 Å². The highest BCUT2D eigenvalue weighted by Crippen LogP contribution is 2.53. The van der Waals surface area contributed by atoms with Crippen molar-refractivity contribution in [2.24, 2.45) is 0 Å². The predicted molar refractivity (Wildman–Crippen MR) is 79.8 cm³/mol. The Balaban J connectivity index is 1.91. The Labute approximate surface area is 125 Å². The monoisotopic (exact) mass is 287 g/mol. The summed E-state index contributed by atoms with van der Waals surface area (Å²) in [6, 6.07) is 4.16. The summed E-state index contributed by atoms with van der Waals surface area (Å²) in [5.41, 5.74) is 3.92. The van der Waals surface area contributed by atoms with E-state index in [-0.39, 0.29) is 6.10 Å². The van der Waals surface area contributed by atoms with E-state index < -0.39 is 6.10 Å². The van der Waals surface area contributed by atoms with Crippen LogP contribution in [0.5, 0.6) is 11.5 Å². The molecule has 4 nitrogen and oxygen atoms in total. The van der Waals surface area contributed by atoms with Crippen molar-refractivity contribution < 1.29 is 14.6 Å². The molecule has 1 N–H and O–H groups in total. The summed E-state index contributed by atoms with van der Waals surface area (Å²) in [5.74, 6) is 1.99. The van der Waals surface area contributed by atoms with Crippen molar-refractivity contribution in [3.63, 3.8) is 0 Å². The SMILES string of the molecule is COc1ccc2c3c1O[C@H]1C[C@@H](O)C=C(CCN(C)C2)[C@@H]31. The molecular formula is C17H21NO3. The van der Waals surface area contributed by atoms with Gasteiger partial charge in [-0.05, 0) is 25.1 Å². The number of hydrogen-bond acceptors (Lipinski definition) is 4. The number of aliphatic hydroxyl groups excluding tert-OH is 1. The molecule has 1 aromatic rings. The summed E-state index contributed by atoms with van der Waals surface area (Å²) in [4.78, 5) is 2.33. The maximum Gasteiger partial charge on any atom is 0.165 e. The van der Waals surface area contributed by atoms with Crippen LogP contribution in [0, 0.1) is 0 Å². The molecular weight excluding hydrogens is 266 g/mol. The highest BCUT2D eigenvalue weighted by molar-refractivity contribution is 5.59. The van der Waals surface area contributed by atoms with Gasteiger partial charge in [0.25, 0.3) is 0 Å². The molecule has 0 amide bonds. The van der Waals surface area contributed by atoms with Gasteiger partial charge in [-0.15, -0.1) is 0 Å². The van der Waals surface area contributed by atoms with Crippen molar-refractivity contribution in [2.45, 2.75) is 37.5 Å². The molecule has 0 bridgehead atoms. The van der Waals surface area contributed by atoms with Gasteiger partial charge in [0.05, 0.1) is 13.2 Å². The standard InChI is InChI=1S/C17H21NO3/c1-18-6-5-10-7-12(19)8-14-15(10)16-11(9-18)3-4-13(20-2)17(16)21-14/h3-4,7,12,14-15,19H,5-6,8-9H2,1-2H3/t12-,14-,15+/m0/s1. The van der Waals surface area contributed by atoms with Crippen molar-refractivity contribution in [3.05, 3.63) is 34.9 Å². The van der Waals surface area contributed by atoms with Gasteiger partial charge in [-0.25, -0.2) is 0 Å². The van der Waals surface area contributed by atoms with Gasteiger partial charge in [0, 0.05) is 31.0 Å². The zero-order valence-corrected chi connectivity index (χ0v) is 12.5. The van der Waals surface area contributed by atoms with Gasteiger partial charge in [0.15, 0.2) is 11.5 Å². The Morgan fingerprint density at radius 2 is 2.24 bits per heavy atom. The lowest BCUT2D eigenvalue weighted by molar-refractivity contribution is 0.111. The average Bonchev–Trinajstić information content (AvgIpc) is 2.82. The van der Waals surface area contributed by atoms with Crippen LogP contribution >= 0.6 is 0 Å². The summed E-state index contributed by atoms with van der Waals surface area (Å²) >= 11 is 0. The second-order valence-corrected chi connectivity index (χ2v) is 6.34. The Morgan fingerprint density at radius 1 is 1.38 bits per heavy atom. The molecule has 112 valence electrons. The van der Waals surface area contributed by atoms with E-state index in [2.05, 4.69) is 18.0 Å². The van der Waals surface area contributed by atoms with Crippen LogP contribution in [0.25, 0.3) is 0 Å². The average molecular weight is 287 g/mol. The molecule has 2 heterocycles.